The normalized spacial score (nSPS) is 30.3. The van der Waals surface area contributed by atoms with Crippen molar-refractivity contribution < 1.29 is 0 Å². The summed E-state index contributed by atoms with van der Waals surface area (Å²) in [5.41, 5.74) is 0.689. The van der Waals surface area contributed by atoms with Crippen molar-refractivity contribution in [3.05, 3.63) is 0 Å². The molecule has 0 bridgehead atoms. The summed E-state index contributed by atoms with van der Waals surface area (Å²) in [5, 5.41) is 0. The lowest BCUT2D eigenvalue weighted by Crippen LogP contribution is -2.33. The molecule has 0 aliphatic heterocycles. The highest BCUT2D eigenvalue weighted by molar-refractivity contribution is 4.87. The Bertz CT molecular complexity index is 84.6. The van der Waals surface area contributed by atoms with Gasteiger partial charge in [-0.05, 0) is 24.2 Å². The Labute approximate surface area is 58.4 Å². The maximum atomic E-state index is 2.38. The summed E-state index contributed by atoms with van der Waals surface area (Å²) < 4.78 is 0. The molecule has 9 heavy (non-hydrogen) atoms. The zero-order chi connectivity index (χ0) is 6.20. The topological polar surface area (TPSA) is 35.0 Å². The van der Waals surface area contributed by atoms with Crippen molar-refractivity contribution in [3.63, 3.8) is 0 Å². The fourth-order valence-corrected chi connectivity index (χ4v) is 1.68. The van der Waals surface area contributed by atoms with Crippen LogP contribution in [0.15, 0.2) is 0 Å². The van der Waals surface area contributed by atoms with Gasteiger partial charge in [-0.15, -0.1) is 0 Å². The Morgan fingerprint density at radius 1 is 1.44 bits per heavy atom. The van der Waals surface area contributed by atoms with Crippen LogP contribution in [0.5, 0.6) is 0 Å². The SMILES string of the molecule is CCC1CCC1(C)C.N. The second-order valence-electron chi connectivity index (χ2n) is 3.63. The van der Waals surface area contributed by atoms with E-state index in [0.29, 0.717) is 5.41 Å². The highest BCUT2D eigenvalue weighted by Crippen LogP contribution is 2.47. The quantitative estimate of drug-likeness (QED) is 0.580. The van der Waals surface area contributed by atoms with E-state index in [1.165, 1.54) is 19.3 Å². The van der Waals surface area contributed by atoms with Gasteiger partial charge in [-0.3, -0.25) is 0 Å². The Morgan fingerprint density at radius 2 is 2.00 bits per heavy atom. The Hall–Kier alpha value is -0.0400. The molecule has 0 radical (unpaired) electrons. The van der Waals surface area contributed by atoms with Crippen molar-refractivity contribution >= 4 is 0 Å². The Kier molecular flexibility index (Phi) is 2.68. The molecule has 0 saturated heterocycles. The summed E-state index contributed by atoms with van der Waals surface area (Å²) in [6.45, 7) is 7.06. The largest absolute Gasteiger partial charge is 0.344 e. The molecule has 0 aromatic rings. The minimum absolute atomic E-state index is 0. The summed E-state index contributed by atoms with van der Waals surface area (Å²) in [6, 6.07) is 0. The molecule has 1 heteroatoms. The second kappa shape index (κ2) is 2.70. The molecular weight excluding hydrogens is 110 g/mol. The molecule has 1 unspecified atom stereocenters. The molecule has 1 aliphatic rings. The number of hydrogen-bond donors (Lipinski definition) is 1. The van der Waals surface area contributed by atoms with Crippen molar-refractivity contribution in [3.8, 4) is 0 Å². The van der Waals surface area contributed by atoms with Gasteiger partial charge in [0.15, 0.2) is 0 Å². The van der Waals surface area contributed by atoms with Gasteiger partial charge in [0.1, 0.15) is 0 Å². The molecule has 1 saturated carbocycles. The van der Waals surface area contributed by atoms with Crippen molar-refractivity contribution in [1.29, 1.82) is 0 Å². The van der Waals surface area contributed by atoms with Crippen molar-refractivity contribution in [2.45, 2.75) is 40.0 Å². The lowest BCUT2D eigenvalue weighted by molar-refractivity contribution is 0.0691. The van der Waals surface area contributed by atoms with E-state index in [2.05, 4.69) is 20.8 Å². The predicted octanol–water partition coefficient (Wildman–Crippen LogP) is 2.99. The van der Waals surface area contributed by atoms with E-state index in [1.54, 1.807) is 0 Å². The summed E-state index contributed by atoms with van der Waals surface area (Å²) in [4.78, 5) is 0. The van der Waals surface area contributed by atoms with E-state index in [9.17, 15) is 0 Å². The molecule has 1 atom stereocenters. The van der Waals surface area contributed by atoms with Crippen LogP contribution in [0.4, 0.5) is 0 Å². The van der Waals surface area contributed by atoms with Crippen LogP contribution in [0.3, 0.4) is 0 Å². The fraction of sp³-hybridized carbons (Fsp3) is 1.00. The lowest BCUT2D eigenvalue weighted by atomic mass is 9.62. The van der Waals surface area contributed by atoms with Crippen molar-refractivity contribution in [1.82, 2.24) is 6.15 Å². The van der Waals surface area contributed by atoms with E-state index >= 15 is 0 Å². The minimum atomic E-state index is 0. The van der Waals surface area contributed by atoms with Crippen LogP contribution in [0, 0.1) is 11.3 Å². The third-order valence-electron chi connectivity index (χ3n) is 2.74. The first-order valence-corrected chi connectivity index (χ1v) is 3.67. The van der Waals surface area contributed by atoms with Gasteiger partial charge >= 0.3 is 0 Å². The number of hydrogen-bond acceptors (Lipinski definition) is 1. The van der Waals surface area contributed by atoms with E-state index in [1.807, 2.05) is 0 Å². The maximum Gasteiger partial charge on any atom is -0.0326 e. The first kappa shape index (κ1) is 8.96. The zero-order valence-electron chi connectivity index (χ0n) is 6.91. The molecular formula is C8H19N. The first-order valence-electron chi connectivity index (χ1n) is 3.67. The van der Waals surface area contributed by atoms with Gasteiger partial charge < -0.3 is 6.15 Å². The smallest absolute Gasteiger partial charge is 0.0326 e. The Balaban J connectivity index is 0.000000640. The zero-order valence-corrected chi connectivity index (χ0v) is 6.91. The summed E-state index contributed by atoms with van der Waals surface area (Å²) in [6.07, 6.45) is 4.31. The van der Waals surface area contributed by atoms with Crippen LogP contribution in [-0.4, -0.2) is 0 Å². The van der Waals surface area contributed by atoms with Crippen molar-refractivity contribution in [2.24, 2.45) is 11.3 Å². The fourth-order valence-electron chi connectivity index (χ4n) is 1.68. The molecule has 0 aromatic carbocycles. The summed E-state index contributed by atoms with van der Waals surface area (Å²) in [5.74, 6) is 1.03. The Morgan fingerprint density at radius 3 is 2.00 bits per heavy atom. The van der Waals surface area contributed by atoms with Crippen LogP contribution in [0.2, 0.25) is 0 Å². The van der Waals surface area contributed by atoms with Crippen molar-refractivity contribution in [2.75, 3.05) is 0 Å². The van der Waals surface area contributed by atoms with E-state index in [-0.39, 0.29) is 6.15 Å². The van der Waals surface area contributed by atoms with Crippen LogP contribution in [0.1, 0.15) is 40.0 Å². The van der Waals surface area contributed by atoms with Crippen LogP contribution < -0.4 is 6.15 Å². The maximum absolute atomic E-state index is 2.38. The molecule has 0 heterocycles. The van der Waals surface area contributed by atoms with Gasteiger partial charge in [-0.1, -0.05) is 27.2 Å². The molecule has 0 spiro atoms. The van der Waals surface area contributed by atoms with Gasteiger partial charge in [0.25, 0.3) is 0 Å². The number of rotatable bonds is 1. The van der Waals surface area contributed by atoms with E-state index < -0.39 is 0 Å². The van der Waals surface area contributed by atoms with E-state index in [4.69, 9.17) is 0 Å². The molecule has 1 rings (SSSR count). The molecule has 0 amide bonds. The molecule has 1 fully saturated rings. The third kappa shape index (κ3) is 1.45. The van der Waals surface area contributed by atoms with Gasteiger partial charge in [0, 0.05) is 0 Å². The van der Waals surface area contributed by atoms with Crippen LogP contribution in [-0.2, 0) is 0 Å². The molecule has 56 valence electrons. The highest BCUT2D eigenvalue weighted by Gasteiger charge is 2.36. The van der Waals surface area contributed by atoms with Gasteiger partial charge in [-0.2, -0.15) is 0 Å². The monoisotopic (exact) mass is 129 g/mol. The van der Waals surface area contributed by atoms with Gasteiger partial charge in [0.05, 0.1) is 0 Å². The molecule has 1 nitrogen and oxygen atoms in total. The van der Waals surface area contributed by atoms with Crippen LogP contribution >= 0.6 is 0 Å². The molecule has 0 aromatic heterocycles. The second-order valence-corrected chi connectivity index (χ2v) is 3.63. The average molecular weight is 129 g/mol. The van der Waals surface area contributed by atoms with Gasteiger partial charge in [-0.25, -0.2) is 0 Å². The first-order chi connectivity index (χ1) is 3.67. The van der Waals surface area contributed by atoms with E-state index in [0.717, 1.165) is 5.92 Å². The predicted molar refractivity (Wildman–Crippen MR) is 41.8 cm³/mol. The third-order valence-corrected chi connectivity index (χ3v) is 2.74. The molecule has 3 N–H and O–H groups in total. The molecule has 1 aliphatic carbocycles. The average Bonchev–Trinajstić information content (AvgIpc) is 1.66. The van der Waals surface area contributed by atoms with Gasteiger partial charge in [0.2, 0.25) is 0 Å². The van der Waals surface area contributed by atoms with Crippen LogP contribution in [0.25, 0.3) is 0 Å². The highest BCUT2D eigenvalue weighted by atomic mass is 14.4. The summed E-state index contributed by atoms with van der Waals surface area (Å²) in [7, 11) is 0. The standard InChI is InChI=1S/C8H16.H3N/c1-4-7-5-6-8(7,2)3;/h7H,4-6H2,1-3H3;1H3. The lowest BCUT2D eigenvalue weighted by Gasteiger charge is -2.44. The summed E-state index contributed by atoms with van der Waals surface area (Å²) >= 11 is 0. The minimum Gasteiger partial charge on any atom is -0.344 e.